The number of carboxylic acid groups (broad SMARTS) is 1. The molecule has 102 valence electrons. The Morgan fingerprint density at radius 3 is 2.47 bits per heavy atom. The van der Waals surface area contributed by atoms with Gasteiger partial charge in [0.25, 0.3) is 0 Å². The van der Waals surface area contributed by atoms with Crippen LogP contribution in [0, 0.1) is 12.3 Å². The molecular weight excluding hydrogens is 264 g/mol. The van der Waals surface area contributed by atoms with E-state index < -0.39 is 21.2 Å². The highest BCUT2D eigenvalue weighted by molar-refractivity contribution is 7.95. The Labute approximate surface area is 112 Å². The fourth-order valence-corrected chi connectivity index (χ4v) is 3.98. The Hall–Kier alpha value is -1.62. The zero-order valence-corrected chi connectivity index (χ0v) is 11.9. The van der Waals surface area contributed by atoms with E-state index in [4.69, 9.17) is 5.11 Å². The van der Waals surface area contributed by atoms with Crippen molar-refractivity contribution in [3.05, 3.63) is 34.2 Å². The summed E-state index contributed by atoms with van der Waals surface area (Å²) < 4.78 is 24.8. The zero-order valence-electron chi connectivity index (χ0n) is 11.1. The predicted molar refractivity (Wildman–Crippen MR) is 72.4 cm³/mol. The lowest BCUT2D eigenvalue weighted by Crippen LogP contribution is -2.25. The molecule has 5 heteroatoms. The van der Waals surface area contributed by atoms with Crippen molar-refractivity contribution in [2.75, 3.05) is 0 Å². The van der Waals surface area contributed by atoms with E-state index in [0.29, 0.717) is 5.56 Å². The molecule has 0 saturated heterocycles. The molecule has 1 aliphatic rings. The molecule has 0 aliphatic carbocycles. The number of hydrogen-bond donors (Lipinski definition) is 1. The molecule has 4 nitrogen and oxygen atoms in total. The first kappa shape index (κ1) is 13.8. The van der Waals surface area contributed by atoms with E-state index in [1.165, 1.54) is 13.8 Å². The van der Waals surface area contributed by atoms with Gasteiger partial charge in [-0.1, -0.05) is 12.1 Å². The highest BCUT2D eigenvalue weighted by atomic mass is 32.2. The molecule has 1 aromatic carbocycles. The molecule has 0 saturated carbocycles. The lowest BCUT2D eigenvalue weighted by molar-refractivity contribution is -0.146. The van der Waals surface area contributed by atoms with E-state index in [1.807, 2.05) is 13.0 Å². The van der Waals surface area contributed by atoms with Crippen LogP contribution in [0.1, 0.15) is 31.4 Å². The van der Waals surface area contributed by atoms with Gasteiger partial charge in [0.2, 0.25) is 9.84 Å². The van der Waals surface area contributed by atoms with E-state index in [2.05, 4.69) is 0 Å². The number of rotatable bonds is 3. The number of benzene rings is 1. The summed E-state index contributed by atoms with van der Waals surface area (Å²) in [4.78, 5) is 11.6. The minimum atomic E-state index is -3.54. The summed E-state index contributed by atoms with van der Waals surface area (Å²) in [6.45, 7) is 4.90. The van der Waals surface area contributed by atoms with E-state index in [-0.39, 0.29) is 16.2 Å². The number of aryl methyl sites for hydroxylation is 1. The van der Waals surface area contributed by atoms with Crippen LogP contribution >= 0.6 is 0 Å². The van der Waals surface area contributed by atoms with Gasteiger partial charge in [-0.25, -0.2) is 8.42 Å². The van der Waals surface area contributed by atoms with Crippen molar-refractivity contribution in [1.82, 2.24) is 0 Å². The van der Waals surface area contributed by atoms with Crippen molar-refractivity contribution < 1.29 is 18.3 Å². The second-order valence-electron chi connectivity index (χ2n) is 5.47. The maximum absolute atomic E-state index is 12.4. The van der Waals surface area contributed by atoms with Gasteiger partial charge in [0, 0.05) is 0 Å². The smallest absolute Gasteiger partial charge is 0.309 e. The van der Waals surface area contributed by atoms with Crippen LogP contribution in [0.2, 0.25) is 0 Å². The van der Waals surface area contributed by atoms with E-state index in [1.54, 1.807) is 18.2 Å². The van der Waals surface area contributed by atoms with Crippen LogP contribution in [0.5, 0.6) is 0 Å². The molecule has 1 heterocycles. The summed E-state index contributed by atoms with van der Waals surface area (Å²) in [5, 5.41) is 9.12. The van der Waals surface area contributed by atoms with Crippen molar-refractivity contribution >= 4 is 21.9 Å². The highest BCUT2D eigenvalue weighted by Gasteiger charge is 2.37. The summed E-state index contributed by atoms with van der Waals surface area (Å²) in [6.07, 6.45) is 1.60. The van der Waals surface area contributed by atoms with Crippen LogP contribution < -0.4 is 0 Å². The standard InChI is InChI=1S/C14H16O4S/c1-9-5-4-6-12-11(9)7-10(19(12,17)18)8-14(2,3)13(15)16/h4-7H,8H2,1-3H3,(H,15,16). The average Bonchev–Trinajstić information content (AvgIpc) is 2.53. The van der Waals surface area contributed by atoms with Crippen LogP contribution in [0.15, 0.2) is 28.0 Å². The first-order chi connectivity index (χ1) is 8.66. The first-order valence-corrected chi connectivity index (χ1v) is 7.43. The van der Waals surface area contributed by atoms with Crippen LogP contribution in [-0.2, 0) is 14.6 Å². The predicted octanol–water partition coefficient (Wildman–Crippen LogP) is 2.62. The fourth-order valence-electron chi connectivity index (χ4n) is 2.11. The van der Waals surface area contributed by atoms with Crippen LogP contribution in [0.25, 0.3) is 6.08 Å². The molecule has 0 radical (unpaired) electrons. The summed E-state index contributed by atoms with van der Waals surface area (Å²) in [7, 11) is -3.54. The third kappa shape index (κ3) is 2.18. The van der Waals surface area contributed by atoms with Crippen molar-refractivity contribution in [3.63, 3.8) is 0 Å². The van der Waals surface area contributed by atoms with Crippen LogP contribution in [0.4, 0.5) is 0 Å². The van der Waals surface area contributed by atoms with Crippen molar-refractivity contribution in [1.29, 1.82) is 0 Å². The Balaban J connectivity index is 2.50. The summed E-state index contributed by atoms with van der Waals surface area (Å²) in [6, 6.07) is 5.11. The number of carboxylic acids is 1. The van der Waals surface area contributed by atoms with Gasteiger partial charge in [0.05, 0.1) is 15.2 Å². The molecule has 0 spiro atoms. The molecule has 2 rings (SSSR count). The minimum absolute atomic E-state index is 0.00120. The van der Waals surface area contributed by atoms with Crippen LogP contribution in [0.3, 0.4) is 0 Å². The summed E-state index contributed by atoms with van der Waals surface area (Å²) in [5.74, 6) is -1.00. The minimum Gasteiger partial charge on any atom is -0.481 e. The third-order valence-corrected chi connectivity index (χ3v) is 5.31. The van der Waals surface area contributed by atoms with Crippen LogP contribution in [-0.4, -0.2) is 19.5 Å². The SMILES string of the molecule is Cc1cccc2c1C=C(CC(C)(C)C(=O)O)S2(=O)=O. The molecule has 0 unspecified atom stereocenters. The Kier molecular flexibility index (Phi) is 3.05. The molecule has 1 N–H and O–H groups in total. The maximum Gasteiger partial charge on any atom is 0.309 e. The first-order valence-electron chi connectivity index (χ1n) is 5.95. The van der Waals surface area contributed by atoms with Crippen molar-refractivity contribution in [3.8, 4) is 0 Å². The number of allylic oxidation sites excluding steroid dienone is 1. The molecule has 0 fully saturated rings. The molecule has 1 aliphatic heterocycles. The fraction of sp³-hybridized carbons (Fsp3) is 0.357. The second kappa shape index (κ2) is 4.20. The second-order valence-corrected chi connectivity index (χ2v) is 7.44. The molecular formula is C14H16O4S. The van der Waals surface area contributed by atoms with E-state index in [0.717, 1.165) is 5.56 Å². The monoisotopic (exact) mass is 280 g/mol. The van der Waals surface area contributed by atoms with Gasteiger partial charge < -0.3 is 5.11 Å². The molecule has 0 bridgehead atoms. The third-order valence-electron chi connectivity index (χ3n) is 3.42. The van der Waals surface area contributed by atoms with Crippen molar-refractivity contribution in [2.45, 2.75) is 32.1 Å². The molecule has 0 atom stereocenters. The van der Waals surface area contributed by atoms with Gasteiger partial charge in [0.15, 0.2) is 0 Å². The summed E-state index contributed by atoms with van der Waals surface area (Å²) in [5.41, 5.74) is 0.456. The van der Waals surface area contributed by atoms with Gasteiger partial charge in [0.1, 0.15) is 0 Å². The lowest BCUT2D eigenvalue weighted by atomic mass is 9.89. The molecule has 0 amide bonds. The topological polar surface area (TPSA) is 71.4 Å². The van der Waals surface area contributed by atoms with Gasteiger partial charge in [-0.15, -0.1) is 0 Å². The molecule has 1 aromatic rings. The number of aliphatic carboxylic acids is 1. The highest BCUT2D eigenvalue weighted by Crippen LogP contribution is 2.40. The normalized spacial score (nSPS) is 16.9. The Morgan fingerprint density at radius 1 is 1.32 bits per heavy atom. The van der Waals surface area contributed by atoms with Crippen molar-refractivity contribution in [2.24, 2.45) is 5.41 Å². The lowest BCUT2D eigenvalue weighted by Gasteiger charge is -2.19. The quantitative estimate of drug-likeness (QED) is 0.923. The zero-order chi connectivity index (χ0) is 14.4. The number of carbonyl (C=O) groups is 1. The van der Waals surface area contributed by atoms with Gasteiger partial charge in [-0.3, -0.25) is 4.79 Å². The largest absolute Gasteiger partial charge is 0.481 e. The Morgan fingerprint density at radius 2 is 1.95 bits per heavy atom. The Bertz CT molecular complexity index is 681. The molecule has 19 heavy (non-hydrogen) atoms. The van der Waals surface area contributed by atoms with Gasteiger partial charge in [-0.2, -0.15) is 0 Å². The molecule has 0 aromatic heterocycles. The summed E-state index contributed by atoms with van der Waals surface area (Å²) >= 11 is 0. The van der Waals surface area contributed by atoms with E-state index in [9.17, 15) is 13.2 Å². The van der Waals surface area contributed by atoms with E-state index >= 15 is 0 Å². The maximum atomic E-state index is 12.4. The number of hydrogen-bond acceptors (Lipinski definition) is 3. The average molecular weight is 280 g/mol. The number of fused-ring (bicyclic) bond motifs is 1. The number of sulfone groups is 1. The van der Waals surface area contributed by atoms with Gasteiger partial charge in [-0.05, 0) is 50.5 Å². The van der Waals surface area contributed by atoms with Gasteiger partial charge >= 0.3 is 5.97 Å².